The van der Waals surface area contributed by atoms with E-state index in [-0.39, 0.29) is 19.3 Å². The Morgan fingerprint density at radius 1 is 0.808 bits per heavy atom. The molecule has 0 fully saturated rings. The summed E-state index contributed by atoms with van der Waals surface area (Å²) >= 11 is 0. The Bertz CT molecular complexity index is 396. The summed E-state index contributed by atoms with van der Waals surface area (Å²) in [5.74, 6) is 0. The molecule has 0 bridgehead atoms. The lowest BCUT2D eigenvalue weighted by Crippen LogP contribution is -2.22. The van der Waals surface area contributed by atoms with Crippen LogP contribution < -0.4 is 0 Å². The zero-order chi connectivity index (χ0) is 19.3. The SMILES string of the molecule is CCCCC/C=C/C/C=C/C/C=C/C/C=C/CCC(C)OCC(O)CO. The summed E-state index contributed by atoms with van der Waals surface area (Å²) in [5.41, 5.74) is 0. The summed E-state index contributed by atoms with van der Waals surface area (Å²) in [4.78, 5) is 0. The van der Waals surface area contributed by atoms with E-state index in [1.807, 2.05) is 6.92 Å². The molecule has 0 aliphatic carbocycles. The second-order valence-electron chi connectivity index (χ2n) is 6.65. The van der Waals surface area contributed by atoms with Crippen molar-refractivity contribution in [1.29, 1.82) is 0 Å². The molecule has 3 nitrogen and oxygen atoms in total. The number of ether oxygens (including phenoxy) is 1. The second-order valence-corrected chi connectivity index (χ2v) is 6.65. The Hall–Kier alpha value is -1.16. The van der Waals surface area contributed by atoms with Gasteiger partial charge in [-0.05, 0) is 51.9 Å². The maximum Gasteiger partial charge on any atom is 0.100 e. The molecule has 0 aromatic heterocycles. The van der Waals surface area contributed by atoms with Crippen LogP contribution in [0, 0.1) is 0 Å². The average Bonchev–Trinajstić information content (AvgIpc) is 2.65. The highest BCUT2D eigenvalue weighted by Crippen LogP contribution is 2.04. The molecule has 0 spiro atoms. The Labute approximate surface area is 161 Å². The molecule has 2 atom stereocenters. The zero-order valence-electron chi connectivity index (χ0n) is 16.9. The molecule has 0 amide bonds. The molecule has 2 unspecified atom stereocenters. The van der Waals surface area contributed by atoms with E-state index >= 15 is 0 Å². The minimum Gasteiger partial charge on any atom is -0.394 e. The Morgan fingerprint density at radius 2 is 1.35 bits per heavy atom. The van der Waals surface area contributed by atoms with E-state index in [1.54, 1.807) is 0 Å². The van der Waals surface area contributed by atoms with Gasteiger partial charge in [-0.1, -0.05) is 68.4 Å². The Balaban J connectivity index is 3.51. The van der Waals surface area contributed by atoms with Crippen LogP contribution in [0.4, 0.5) is 0 Å². The van der Waals surface area contributed by atoms with Gasteiger partial charge >= 0.3 is 0 Å². The van der Waals surface area contributed by atoms with Crippen LogP contribution in [-0.2, 0) is 4.74 Å². The Kier molecular flexibility index (Phi) is 19.3. The van der Waals surface area contributed by atoms with E-state index in [1.165, 1.54) is 25.7 Å². The van der Waals surface area contributed by atoms with Gasteiger partial charge in [0.15, 0.2) is 0 Å². The molecule has 0 aromatic rings. The highest BCUT2D eigenvalue weighted by atomic mass is 16.5. The topological polar surface area (TPSA) is 49.7 Å². The summed E-state index contributed by atoms with van der Waals surface area (Å²) in [6.07, 6.45) is 27.1. The Morgan fingerprint density at radius 3 is 1.88 bits per heavy atom. The van der Waals surface area contributed by atoms with E-state index in [0.717, 1.165) is 32.1 Å². The number of hydrogen-bond acceptors (Lipinski definition) is 3. The summed E-state index contributed by atoms with van der Waals surface area (Å²) < 4.78 is 5.45. The second kappa shape index (κ2) is 20.2. The molecule has 3 heteroatoms. The summed E-state index contributed by atoms with van der Waals surface area (Å²) in [5, 5.41) is 17.9. The first-order chi connectivity index (χ1) is 12.7. The number of rotatable bonds is 17. The van der Waals surface area contributed by atoms with E-state index in [2.05, 4.69) is 55.5 Å². The van der Waals surface area contributed by atoms with Gasteiger partial charge in [0.2, 0.25) is 0 Å². The first-order valence-corrected chi connectivity index (χ1v) is 10.2. The third-order valence-electron chi connectivity index (χ3n) is 3.98. The number of aliphatic hydroxyl groups is 2. The number of allylic oxidation sites excluding steroid dienone is 8. The monoisotopic (exact) mass is 364 g/mol. The molecule has 0 saturated carbocycles. The van der Waals surface area contributed by atoms with Crippen LogP contribution in [0.15, 0.2) is 48.6 Å². The average molecular weight is 365 g/mol. The lowest BCUT2D eigenvalue weighted by Gasteiger charge is -2.14. The fourth-order valence-electron chi connectivity index (χ4n) is 2.30. The van der Waals surface area contributed by atoms with Crippen molar-refractivity contribution in [2.24, 2.45) is 0 Å². The summed E-state index contributed by atoms with van der Waals surface area (Å²) in [6.45, 7) is 4.18. The van der Waals surface area contributed by atoms with Crippen molar-refractivity contribution in [2.75, 3.05) is 13.2 Å². The van der Waals surface area contributed by atoms with Crippen LogP contribution >= 0.6 is 0 Å². The highest BCUT2D eigenvalue weighted by molar-refractivity contribution is 4.99. The molecule has 0 heterocycles. The summed E-state index contributed by atoms with van der Waals surface area (Å²) in [6, 6.07) is 0. The predicted molar refractivity (Wildman–Crippen MR) is 112 cm³/mol. The van der Waals surface area contributed by atoms with E-state index in [0.29, 0.717) is 0 Å². The van der Waals surface area contributed by atoms with Crippen molar-refractivity contribution in [3.8, 4) is 0 Å². The molecule has 0 aromatic carbocycles. The highest BCUT2D eigenvalue weighted by Gasteiger charge is 2.05. The van der Waals surface area contributed by atoms with Crippen LogP contribution in [-0.4, -0.2) is 35.6 Å². The van der Waals surface area contributed by atoms with Crippen molar-refractivity contribution in [2.45, 2.75) is 83.8 Å². The molecule has 0 saturated heterocycles. The van der Waals surface area contributed by atoms with Crippen molar-refractivity contribution in [3.63, 3.8) is 0 Å². The first-order valence-electron chi connectivity index (χ1n) is 10.2. The lowest BCUT2D eigenvalue weighted by atomic mass is 10.2. The fourth-order valence-corrected chi connectivity index (χ4v) is 2.30. The van der Waals surface area contributed by atoms with Gasteiger partial charge in [-0.3, -0.25) is 0 Å². The van der Waals surface area contributed by atoms with Crippen molar-refractivity contribution >= 4 is 0 Å². The maximum atomic E-state index is 9.21. The number of unbranched alkanes of at least 4 members (excludes halogenated alkanes) is 3. The zero-order valence-corrected chi connectivity index (χ0v) is 16.9. The first kappa shape index (κ1) is 24.8. The lowest BCUT2D eigenvalue weighted by molar-refractivity contribution is -0.0244. The van der Waals surface area contributed by atoms with Gasteiger partial charge < -0.3 is 14.9 Å². The molecular formula is C23H40O3. The van der Waals surface area contributed by atoms with Gasteiger partial charge in [0.25, 0.3) is 0 Å². The third kappa shape index (κ3) is 19.2. The fraction of sp³-hybridized carbons (Fsp3) is 0.652. The van der Waals surface area contributed by atoms with Gasteiger partial charge in [-0.25, -0.2) is 0 Å². The number of aliphatic hydroxyl groups excluding tert-OH is 2. The van der Waals surface area contributed by atoms with Gasteiger partial charge in [0, 0.05) is 0 Å². The van der Waals surface area contributed by atoms with Crippen LogP contribution in [0.1, 0.15) is 71.6 Å². The minimum absolute atomic E-state index is 0.0993. The van der Waals surface area contributed by atoms with Gasteiger partial charge in [-0.2, -0.15) is 0 Å². The standard InChI is InChI=1S/C23H40O3/c1-3-4-5-6-7-8-9-10-11-12-13-14-15-16-17-18-19-22(2)26-21-23(25)20-24/h7-8,10-11,13-14,16-17,22-25H,3-6,9,12,15,18-21H2,1-2H3/b8-7+,11-10+,14-13+,17-16+. The van der Waals surface area contributed by atoms with Crippen LogP contribution in [0.2, 0.25) is 0 Å². The van der Waals surface area contributed by atoms with Crippen LogP contribution in [0.5, 0.6) is 0 Å². The molecule has 150 valence electrons. The molecular weight excluding hydrogens is 324 g/mol. The van der Waals surface area contributed by atoms with Crippen LogP contribution in [0.25, 0.3) is 0 Å². The van der Waals surface area contributed by atoms with Crippen molar-refractivity contribution in [1.82, 2.24) is 0 Å². The molecule has 0 aliphatic heterocycles. The van der Waals surface area contributed by atoms with E-state index in [4.69, 9.17) is 9.84 Å². The normalized spacial score (nSPS) is 15.1. The van der Waals surface area contributed by atoms with E-state index in [9.17, 15) is 5.11 Å². The molecule has 0 radical (unpaired) electrons. The molecule has 26 heavy (non-hydrogen) atoms. The molecule has 2 N–H and O–H groups in total. The molecule has 0 aliphatic rings. The predicted octanol–water partition coefficient (Wildman–Crippen LogP) is 5.50. The quantitative estimate of drug-likeness (QED) is 0.265. The number of hydrogen-bond donors (Lipinski definition) is 2. The largest absolute Gasteiger partial charge is 0.394 e. The van der Waals surface area contributed by atoms with Gasteiger partial charge in [0.05, 0.1) is 19.3 Å². The van der Waals surface area contributed by atoms with Gasteiger partial charge in [-0.15, -0.1) is 0 Å². The van der Waals surface area contributed by atoms with Crippen molar-refractivity contribution < 1.29 is 14.9 Å². The van der Waals surface area contributed by atoms with Crippen molar-refractivity contribution in [3.05, 3.63) is 48.6 Å². The maximum absolute atomic E-state index is 9.21. The third-order valence-corrected chi connectivity index (χ3v) is 3.98. The van der Waals surface area contributed by atoms with Crippen LogP contribution in [0.3, 0.4) is 0 Å². The van der Waals surface area contributed by atoms with E-state index < -0.39 is 6.10 Å². The smallest absolute Gasteiger partial charge is 0.100 e. The molecule has 0 rings (SSSR count). The minimum atomic E-state index is -0.769. The van der Waals surface area contributed by atoms with Gasteiger partial charge in [0.1, 0.15) is 6.10 Å². The summed E-state index contributed by atoms with van der Waals surface area (Å²) in [7, 11) is 0.